The van der Waals surface area contributed by atoms with Crippen LogP contribution in [0.15, 0.2) is 53.1 Å². The van der Waals surface area contributed by atoms with Crippen LogP contribution in [0.5, 0.6) is 0 Å². The summed E-state index contributed by atoms with van der Waals surface area (Å²) in [5.74, 6) is -0.553. The number of hydrogen-bond donors (Lipinski definition) is 1. The number of nitrogens with one attached hydrogen (secondary N) is 1. The summed E-state index contributed by atoms with van der Waals surface area (Å²) >= 11 is 0. The molecular weight excluding hydrogens is 318 g/mol. The van der Waals surface area contributed by atoms with E-state index >= 15 is 0 Å². The van der Waals surface area contributed by atoms with Gasteiger partial charge in [0.15, 0.2) is 0 Å². The first kappa shape index (κ1) is 16.8. The first-order valence-corrected chi connectivity index (χ1v) is 8.08. The molecule has 0 atom stereocenters. The molecule has 0 bridgehead atoms. The molecule has 0 fully saturated rings. The van der Waals surface area contributed by atoms with Crippen LogP contribution in [0.2, 0.25) is 0 Å². The van der Waals surface area contributed by atoms with Gasteiger partial charge < -0.3 is 14.5 Å². The molecule has 0 aliphatic heterocycles. The Balaban J connectivity index is 1.69. The normalized spacial score (nSPS) is 10.6. The van der Waals surface area contributed by atoms with Gasteiger partial charge in [0, 0.05) is 16.6 Å². The number of methoxy groups -OCH3 is 1. The van der Waals surface area contributed by atoms with Crippen LogP contribution in [0, 0.1) is 0 Å². The number of anilines is 1. The Labute approximate surface area is 145 Å². The molecule has 1 amide bonds. The molecule has 0 aliphatic rings. The Kier molecular flexibility index (Phi) is 4.84. The molecule has 3 rings (SSSR count). The predicted molar refractivity (Wildman–Crippen MR) is 95.7 cm³/mol. The number of carbonyl (C=O) groups excluding carboxylic acids is 2. The van der Waals surface area contributed by atoms with Gasteiger partial charge >= 0.3 is 5.97 Å². The molecule has 3 aromatic rings. The average molecular weight is 337 g/mol. The van der Waals surface area contributed by atoms with Gasteiger partial charge in [0.25, 0.3) is 0 Å². The Morgan fingerprint density at radius 3 is 2.56 bits per heavy atom. The predicted octanol–water partition coefficient (Wildman–Crippen LogP) is 3.96. The fourth-order valence-corrected chi connectivity index (χ4v) is 2.67. The van der Waals surface area contributed by atoms with Crippen molar-refractivity contribution in [1.82, 2.24) is 0 Å². The van der Waals surface area contributed by atoms with E-state index in [1.54, 1.807) is 30.5 Å². The maximum Gasteiger partial charge on any atom is 0.337 e. The molecule has 0 saturated carbocycles. The zero-order chi connectivity index (χ0) is 17.8. The molecule has 5 heteroatoms. The number of amides is 1. The van der Waals surface area contributed by atoms with Crippen LogP contribution in [0.4, 0.5) is 5.69 Å². The number of rotatable bonds is 5. The van der Waals surface area contributed by atoms with E-state index in [0.29, 0.717) is 11.3 Å². The topological polar surface area (TPSA) is 68.5 Å². The molecule has 0 saturated heterocycles. The second-order valence-electron chi connectivity index (χ2n) is 5.74. The van der Waals surface area contributed by atoms with Crippen molar-refractivity contribution in [2.45, 2.75) is 19.8 Å². The van der Waals surface area contributed by atoms with Crippen molar-refractivity contribution in [3.8, 4) is 0 Å². The van der Waals surface area contributed by atoms with Crippen LogP contribution in [0.3, 0.4) is 0 Å². The van der Waals surface area contributed by atoms with Crippen molar-refractivity contribution >= 4 is 28.5 Å². The van der Waals surface area contributed by atoms with Crippen molar-refractivity contribution in [2.75, 3.05) is 12.4 Å². The van der Waals surface area contributed by atoms with Gasteiger partial charge in [-0.15, -0.1) is 0 Å². The van der Waals surface area contributed by atoms with Crippen molar-refractivity contribution in [3.05, 3.63) is 65.4 Å². The van der Waals surface area contributed by atoms with Gasteiger partial charge in [0.05, 0.1) is 25.4 Å². The lowest BCUT2D eigenvalue weighted by Crippen LogP contribution is -2.14. The highest BCUT2D eigenvalue weighted by Gasteiger charge is 2.12. The molecular formula is C20H19NO4. The maximum absolute atomic E-state index is 12.3. The number of ether oxygens (including phenoxy) is 1. The minimum atomic E-state index is -0.408. The van der Waals surface area contributed by atoms with Crippen molar-refractivity contribution in [1.29, 1.82) is 0 Å². The van der Waals surface area contributed by atoms with E-state index in [4.69, 9.17) is 4.42 Å². The molecule has 2 aromatic carbocycles. The van der Waals surface area contributed by atoms with E-state index in [9.17, 15) is 9.59 Å². The van der Waals surface area contributed by atoms with Crippen LogP contribution in [0.25, 0.3) is 11.0 Å². The lowest BCUT2D eigenvalue weighted by atomic mass is 10.1. The lowest BCUT2D eigenvalue weighted by Gasteiger charge is -2.05. The zero-order valence-corrected chi connectivity index (χ0v) is 14.2. The molecule has 1 N–H and O–H groups in total. The number of carbonyl (C=O) groups is 2. The van der Waals surface area contributed by atoms with Gasteiger partial charge in [-0.3, -0.25) is 4.79 Å². The summed E-state index contributed by atoms with van der Waals surface area (Å²) in [4.78, 5) is 23.7. The summed E-state index contributed by atoms with van der Waals surface area (Å²) in [6, 6.07) is 12.6. The molecule has 1 aromatic heterocycles. The minimum absolute atomic E-state index is 0.145. The fourth-order valence-electron chi connectivity index (χ4n) is 2.67. The second kappa shape index (κ2) is 7.21. The van der Waals surface area contributed by atoms with Crippen molar-refractivity contribution < 1.29 is 18.7 Å². The second-order valence-corrected chi connectivity index (χ2v) is 5.74. The van der Waals surface area contributed by atoms with Gasteiger partial charge in [-0.25, -0.2) is 4.79 Å². The van der Waals surface area contributed by atoms with E-state index in [1.165, 1.54) is 12.7 Å². The van der Waals surface area contributed by atoms with Crippen LogP contribution in [0.1, 0.15) is 28.4 Å². The smallest absolute Gasteiger partial charge is 0.337 e. The number of aryl methyl sites for hydroxylation is 1. The highest BCUT2D eigenvalue weighted by molar-refractivity contribution is 5.96. The Hall–Kier alpha value is -3.08. The summed E-state index contributed by atoms with van der Waals surface area (Å²) < 4.78 is 10.2. The van der Waals surface area contributed by atoms with E-state index in [0.717, 1.165) is 23.0 Å². The zero-order valence-electron chi connectivity index (χ0n) is 14.2. The molecule has 25 heavy (non-hydrogen) atoms. The maximum atomic E-state index is 12.3. The van der Waals surface area contributed by atoms with Crippen LogP contribution in [-0.2, 0) is 22.4 Å². The number of hydrogen-bond acceptors (Lipinski definition) is 4. The molecule has 1 heterocycles. The van der Waals surface area contributed by atoms with Crippen molar-refractivity contribution in [2.24, 2.45) is 0 Å². The average Bonchev–Trinajstić information content (AvgIpc) is 3.03. The lowest BCUT2D eigenvalue weighted by molar-refractivity contribution is -0.115. The highest BCUT2D eigenvalue weighted by Crippen LogP contribution is 2.23. The highest BCUT2D eigenvalue weighted by atomic mass is 16.5. The van der Waals surface area contributed by atoms with E-state index in [-0.39, 0.29) is 12.3 Å². The molecule has 5 nitrogen and oxygen atoms in total. The first-order chi connectivity index (χ1) is 12.1. The van der Waals surface area contributed by atoms with Gasteiger partial charge in [0.1, 0.15) is 5.58 Å². The largest absolute Gasteiger partial charge is 0.465 e. The SMILES string of the molecule is CCc1ccc2c(CC(=O)Nc3ccc(C(=O)OC)cc3)coc2c1. The minimum Gasteiger partial charge on any atom is -0.465 e. The quantitative estimate of drug-likeness (QED) is 0.716. The standard InChI is InChI=1S/C20H19NO4/c1-3-13-4-9-17-15(12-25-18(17)10-13)11-19(22)21-16-7-5-14(6-8-16)20(23)24-2/h4-10,12H,3,11H2,1-2H3,(H,21,22). The Bertz CT molecular complexity index is 909. The van der Waals surface area contributed by atoms with Crippen LogP contribution < -0.4 is 5.32 Å². The summed E-state index contributed by atoms with van der Waals surface area (Å²) in [7, 11) is 1.33. The summed E-state index contributed by atoms with van der Waals surface area (Å²) in [6.07, 6.45) is 2.79. The van der Waals surface area contributed by atoms with Gasteiger partial charge in [0.2, 0.25) is 5.91 Å². The summed E-state index contributed by atoms with van der Waals surface area (Å²) in [6.45, 7) is 2.09. The monoisotopic (exact) mass is 337 g/mol. The number of benzene rings is 2. The summed E-state index contributed by atoms with van der Waals surface area (Å²) in [5, 5.41) is 3.77. The van der Waals surface area contributed by atoms with E-state index < -0.39 is 5.97 Å². The molecule has 0 spiro atoms. The third kappa shape index (κ3) is 3.71. The molecule has 0 aliphatic carbocycles. The number of furan rings is 1. The number of fused-ring (bicyclic) bond motifs is 1. The van der Waals surface area contributed by atoms with Gasteiger partial charge in [-0.05, 0) is 42.3 Å². The van der Waals surface area contributed by atoms with Crippen LogP contribution in [-0.4, -0.2) is 19.0 Å². The summed E-state index contributed by atoms with van der Waals surface area (Å²) in [5.41, 5.74) is 3.90. The fraction of sp³-hybridized carbons (Fsp3) is 0.200. The number of esters is 1. The van der Waals surface area contributed by atoms with Crippen molar-refractivity contribution in [3.63, 3.8) is 0 Å². The van der Waals surface area contributed by atoms with Gasteiger partial charge in [-0.2, -0.15) is 0 Å². The third-order valence-electron chi connectivity index (χ3n) is 4.07. The third-order valence-corrected chi connectivity index (χ3v) is 4.07. The Morgan fingerprint density at radius 2 is 1.88 bits per heavy atom. The van der Waals surface area contributed by atoms with Gasteiger partial charge in [-0.1, -0.05) is 19.1 Å². The van der Waals surface area contributed by atoms with E-state index in [1.807, 2.05) is 18.2 Å². The van der Waals surface area contributed by atoms with Crippen LogP contribution >= 0.6 is 0 Å². The molecule has 0 radical (unpaired) electrons. The molecule has 128 valence electrons. The van der Waals surface area contributed by atoms with E-state index in [2.05, 4.69) is 17.0 Å². The first-order valence-electron chi connectivity index (χ1n) is 8.08. The molecule has 0 unspecified atom stereocenters. The Morgan fingerprint density at radius 1 is 1.12 bits per heavy atom.